The fraction of sp³-hybridized carbons (Fsp3) is 0.240. The van der Waals surface area contributed by atoms with Crippen molar-refractivity contribution in [1.29, 1.82) is 0 Å². The molecule has 0 aromatic heterocycles. The summed E-state index contributed by atoms with van der Waals surface area (Å²) in [6.45, 7) is 7.67. The molecule has 30 heavy (non-hydrogen) atoms. The van der Waals surface area contributed by atoms with Gasteiger partial charge in [0, 0.05) is 23.3 Å². The highest BCUT2D eigenvalue weighted by molar-refractivity contribution is 6.03. The predicted octanol–water partition coefficient (Wildman–Crippen LogP) is 4.83. The largest absolute Gasteiger partial charge is 0.440 e. The van der Waals surface area contributed by atoms with E-state index in [1.165, 1.54) is 12.2 Å². The number of allylic oxidation sites excluding steroid dienone is 2. The van der Waals surface area contributed by atoms with Crippen LogP contribution >= 0.6 is 0 Å². The Morgan fingerprint density at radius 1 is 0.700 bits per heavy atom. The topological polar surface area (TPSA) is 60.2 Å². The predicted molar refractivity (Wildman–Crippen MR) is 117 cm³/mol. The number of hydrogen-bond donors (Lipinski definition) is 0. The molecule has 2 aliphatic heterocycles. The van der Waals surface area contributed by atoms with Gasteiger partial charge in [-0.15, -0.1) is 0 Å². The van der Waals surface area contributed by atoms with Gasteiger partial charge < -0.3 is 9.47 Å². The lowest BCUT2D eigenvalue weighted by Crippen LogP contribution is -2.19. The molecule has 0 fully saturated rings. The molecule has 0 saturated heterocycles. The van der Waals surface area contributed by atoms with Crippen LogP contribution in [0.15, 0.2) is 94.3 Å². The molecule has 0 aliphatic carbocycles. The lowest BCUT2D eigenvalue weighted by atomic mass is 10.0. The first-order chi connectivity index (χ1) is 14.2. The van der Waals surface area contributed by atoms with Gasteiger partial charge in [0.25, 0.3) is 0 Å². The minimum Gasteiger partial charge on any atom is -0.440 e. The average molecular weight is 400 g/mol. The summed E-state index contributed by atoms with van der Waals surface area (Å²) < 4.78 is 11.9. The molecule has 0 saturated carbocycles. The summed E-state index contributed by atoms with van der Waals surface area (Å²) in [6.07, 6.45) is 2.96. The van der Waals surface area contributed by atoms with Crippen LogP contribution in [0.3, 0.4) is 0 Å². The highest BCUT2D eigenvalue weighted by atomic mass is 16.5. The zero-order valence-electron chi connectivity index (χ0n) is 17.5. The summed E-state index contributed by atoms with van der Waals surface area (Å²) in [5.41, 5.74) is 0.496. The molecule has 4 rings (SSSR count). The van der Waals surface area contributed by atoms with Gasteiger partial charge in [-0.3, -0.25) is 4.79 Å². The maximum absolute atomic E-state index is 12.8. The van der Waals surface area contributed by atoms with Crippen molar-refractivity contribution >= 4 is 17.6 Å². The van der Waals surface area contributed by atoms with E-state index in [1.807, 2.05) is 88.4 Å². The van der Waals surface area contributed by atoms with Crippen LogP contribution in [0.2, 0.25) is 0 Å². The highest BCUT2D eigenvalue weighted by Gasteiger charge is 2.36. The molecule has 2 aromatic carbocycles. The zero-order valence-corrected chi connectivity index (χ0v) is 17.5. The van der Waals surface area contributed by atoms with E-state index in [0.717, 1.165) is 11.1 Å². The van der Waals surface area contributed by atoms with E-state index in [-0.39, 0.29) is 5.78 Å². The minimum absolute atomic E-state index is 0.227. The van der Waals surface area contributed by atoms with Crippen molar-refractivity contribution in [2.75, 3.05) is 0 Å². The van der Waals surface area contributed by atoms with E-state index in [1.54, 1.807) is 0 Å². The maximum atomic E-state index is 12.8. The number of ether oxygens (including phenoxy) is 2. The number of rotatable bonds is 4. The van der Waals surface area contributed by atoms with Gasteiger partial charge in [0.1, 0.15) is 22.6 Å². The lowest BCUT2D eigenvalue weighted by molar-refractivity contribution is -0.110. The van der Waals surface area contributed by atoms with Crippen molar-refractivity contribution in [3.05, 3.63) is 95.5 Å². The summed E-state index contributed by atoms with van der Waals surface area (Å²) in [7, 11) is 0. The van der Waals surface area contributed by atoms with Crippen molar-refractivity contribution in [2.24, 2.45) is 9.98 Å². The Balaban J connectivity index is 1.54. The number of carbonyl (C=O) groups is 1. The van der Waals surface area contributed by atoms with Crippen LogP contribution in [0.5, 0.6) is 0 Å². The Morgan fingerprint density at radius 2 is 1.07 bits per heavy atom. The Labute approximate surface area is 176 Å². The molecule has 0 radical (unpaired) electrons. The Kier molecular flexibility index (Phi) is 4.90. The van der Waals surface area contributed by atoms with Crippen LogP contribution in [0, 0.1) is 0 Å². The molecule has 0 unspecified atom stereocenters. The second-order valence-corrected chi connectivity index (χ2v) is 8.31. The van der Waals surface area contributed by atoms with E-state index in [9.17, 15) is 4.79 Å². The van der Waals surface area contributed by atoms with Crippen molar-refractivity contribution < 1.29 is 14.3 Å². The molecular formula is C25H24N2O3. The maximum Gasteiger partial charge on any atom is 0.222 e. The molecule has 0 spiro atoms. The van der Waals surface area contributed by atoms with Crippen molar-refractivity contribution in [3.8, 4) is 0 Å². The third kappa shape index (κ3) is 3.96. The monoisotopic (exact) mass is 400 g/mol. The lowest BCUT2D eigenvalue weighted by Gasteiger charge is -2.15. The standard InChI is InChI=1S/C25H24N2O3/c1-24(2)20(29-22(26-24)17-11-7-5-8-12-17)15-19(28)16-21-25(3,4)27-23(30-21)18-13-9-6-10-14-18/h5-16H,1-4H3/b20-15-,21-16+. The summed E-state index contributed by atoms with van der Waals surface area (Å²) in [5, 5.41) is 0. The zero-order chi connectivity index (χ0) is 21.4. The van der Waals surface area contributed by atoms with Gasteiger partial charge in [0.2, 0.25) is 11.8 Å². The third-order valence-corrected chi connectivity index (χ3v) is 4.97. The molecule has 0 bridgehead atoms. The molecule has 2 aromatic rings. The van der Waals surface area contributed by atoms with Crippen LogP contribution in [0.4, 0.5) is 0 Å². The number of hydrogen-bond acceptors (Lipinski definition) is 5. The van der Waals surface area contributed by atoms with E-state index < -0.39 is 11.1 Å². The summed E-state index contributed by atoms with van der Waals surface area (Å²) >= 11 is 0. The van der Waals surface area contributed by atoms with Crippen molar-refractivity contribution in [1.82, 2.24) is 0 Å². The Bertz CT molecular complexity index is 1000. The van der Waals surface area contributed by atoms with Crippen molar-refractivity contribution in [2.45, 2.75) is 38.8 Å². The van der Waals surface area contributed by atoms with Gasteiger partial charge in [0.15, 0.2) is 5.78 Å². The molecule has 152 valence electrons. The molecule has 5 heteroatoms. The van der Waals surface area contributed by atoms with Gasteiger partial charge in [-0.25, -0.2) is 9.98 Å². The van der Waals surface area contributed by atoms with Gasteiger partial charge in [-0.05, 0) is 52.0 Å². The van der Waals surface area contributed by atoms with E-state index in [4.69, 9.17) is 9.47 Å². The SMILES string of the molecule is CC1(C)N=C(c2ccccc2)O/C1=C\C(=O)/C=C1/OC(c2ccccc2)=NC1(C)C. The number of ketones is 1. The molecule has 0 N–H and O–H groups in total. The second-order valence-electron chi connectivity index (χ2n) is 8.31. The minimum atomic E-state index is -0.628. The molecule has 2 heterocycles. The van der Waals surface area contributed by atoms with Crippen LogP contribution in [0.25, 0.3) is 0 Å². The van der Waals surface area contributed by atoms with Gasteiger partial charge in [-0.1, -0.05) is 36.4 Å². The third-order valence-electron chi connectivity index (χ3n) is 4.97. The Morgan fingerprint density at radius 3 is 1.43 bits per heavy atom. The van der Waals surface area contributed by atoms with Crippen LogP contribution in [-0.2, 0) is 14.3 Å². The van der Waals surface area contributed by atoms with E-state index in [2.05, 4.69) is 9.98 Å². The number of nitrogens with zero attached hydrogens (tertiary/aromatic N) is 2. The first kappa shape index (κ1) is 19.8. The number of aliphatic imine (C=N–C) groups is 2. The highest BCUT2D eigenvalue weighted by Crippen LogP contribution is 2.33. The molecule has 0 atom stereocenters. The number of benzene rings is 2. The van der Waals surface area contributed by atoms with Crippen LogP contribution in [-0.4, -0.2) is 28.7 Å². The summed E-state index contributed by atoms with van der Waals surface area (Å²) in [6, 6.07) is 19.3. The fourth-order valence-corrected chi connectivity index (χ4v) is 3.24. The normalized spacial score (nSPS) is 21.7. The van der Waals surface area contributed by atoms with Crippen LogP contribution < -0.4 is 0 Å². The summed E-state index contributed by atoms with van der Waals surface area (Å²) in [4.78, 5) is 22.1. The molecule has 5 nitrogen and oxygen atoms in total. The smallest absolute Gasteiger partial charge is 0.222 e. The van der Waals surface area contributed by atoms with Crippen molar-refractivity contribution in [3.63, 3.8) is 0 Å². The molecule has 2 aliphatic rings. The van der Waals surface area contributed by atoms with E-state index in [0.29, 0.717) is 23.3 Å². The quantitative estimate of drug-likeness (QED) is 0.691. The molecule has 0 amide bonds. The van der Waals surface area contributed by atoms with Gasteiger partial charge in [0.05, 0.1) is 0 Å². The first-order valence-corrected chi connectivity index (χ1v) is 9.89. The second kappa shape index (κ2) is 7.41. The summed E-state index contributed by atoms with van der Waals surface area (Å²) in [5.74, 6) is 1.81. The van der Waals surface area contributed by atoms with Gasteiger partial charge in [-0.2, -0.15) is 0 Å². The van der Waals surface area contributed by atoms with Crippen LogP contribution in [0.1, 0.15) is 38.8 Å². The number of carbonyl (C=O) groups excluding carboxylic acids is 1. The van der Waals surface area contributed by atoms with E-state index >= 15 is 0 Å². The first-order valence-electron chi connectivity index (χ1n) is 9.89. The van der Waals surface area contributed by atoms with Gasteiger partial charge >= 0.3 is 0 Å². The Hall–Kier alpha value is -3.47. The molecular weight excluding hydrogens is 376 g/mol. The fourth-order valence-electron chi connectivity index (χ4n) is 3.24. The average Bonchev–Trinajstić information content (AvgIpc) is 3.18.